The third kappa shape index (κ3) is 3.17. The summed E-state index contributed by atoms with van der Waals surface area (Å²) < 4.78 is 38.8. The summed E-state index contributed by atoms with van der Waals surface area (Å²) in [5.41, 5.74) is 4.17. The number of H-pyrrole nitrogens is 1. The fourth-order valence-electron chi connectivity index (χ4n) is 3.24. The van der Waals surface area contributed by atoms with E-state index >= 15 is 0 Å². The van der Waals surface area contributed by atoms with Gasteiger partial charge < -0.3 is 15.6 Å². The molecule has 0 spiro atoms. The first-order valence-electron chi connectivity index (χ1n) is 8.85. The van der Waals surface area contributed by atoms with Crippen molar-refractivity contribution < 1.29 is 18.0 Å². The van der Waals surface area contributed by atoms with Crippen molar-refractivity contribution >= 4 is 22.8 Å². The summed E-state index contributed by atoms with van der Waals surface area (Å²) in [6.45, 7) is 3.21. The van der Waals surface area contributed by atoms with Gasteiger partial charge in [0.2, 0.25) is 0 Å². The van der Waals surface area contributed by atoms with Crippen molar-refractivity contribution in [3.8, 4) is 11.3 Å². The number of alkyl halides is 3. The number of para-hydroxylation sites is 1. The molecule has 1 amide bonds. The number of carbonyl (C=O) groups excluding carboxylic acids is 1. The molecule has 9 heteroatoms. The van der Waals surface area contributed by atoms with E-state index in [-0.39, 0.29) is 11.7 Å². The molecule has 3 N–H and O–H groups in total. The molecule has 3 aromatic rings. The number of aromatic nitrogens is 3. The van der Waals surface area contributed by atoms with Gasteiger partial charge in [0, 0.05) is 29.9 Å². The zero-order valence-electron chi connectivity index (χ0n) is 15.2. The highest BCUT2D eigenvalue weighted by Crippen LogP contribution is 2.31. The molecule has 1 aliphatic rings. The number of amides is 1. The lowest BCUT2D eigenvalue weighted by atomic mass is 10.1. The van der Waals surface area contributed by atoms with Gasteiger partial charge >= 0.3 is 6.18 Å². The van der Waals surface area contributed by atoms with Crippen LogP contribution in [0.2, 0.25) is 0 Å². The van der Waals surface area contributed by atoms with Gasteiger partial charge in [-0.2, -0.15) is 13.2 Å². The summed E-state index contributed by atoms with van der Waals surface area (Å²) in [5, 5.41) is 5.19. The van der Waals surface area contributed by atoms with Gasteiger partial charge in [0.15, 0.2) is 0 Å². The Balaban J connectivity index is 1.82. The molecule has 1 unspecified atom stereocenters. The van der Waals surface area contributed by atoms with Gasteiger partial charge in [0.05, 0.1) is 16.8 Å². The molecular weight excluding hydrogens is 371 g/mol. The van der Waals surface area contributed by atoms with Crippen molar-refractivity contribution in [1.82, 2.24) is 20.3 Å². The fourth-order valence-corrected chi connectivity index (χ4v) is 3.24. The third-order valence-corrected chi connectivity index (χ3v) is 4.81. The number of aryl methyl sites for hydroxylation is 1. The highest BCUT2D eigenvalue weighted by Gasteiger charge is 2.36. The van der Waals surface area contributed by atoms with Gasteiger partial charge in [-0.1, -0.05) is 12.1 Å². The van der Waals surface area contributed by atoms with Crippen LogP contribution in [0.3, 0.4) is 0 Å². The van der Waals surface area contributed by atoms with Crippen LogP contribution < -0.4 is 10.6 Å². The number of anilines is 1. The Labute approximate surface area is 158 Å². The molecule has 4 rings (SSSR count). The lowest BCUT2D eigenvalue weighted by Gasteiger charge is -2.19. The van der Waals surface area contributed by atoms with Crippen molar-refractivity contribution in [3.05, 3.63) is 41.2 Å². The second-order valence-corrected chi connectivity index (χ2v) is 6.82. The Morgan fingerprint density at radius 3 is 2.71 bits per heavy atom. The molecule has 1 aromatic carbocycles. The number of rotatable bonds is 3. The van der Waals surface area contributed by atoms with Gasteiger partial charge in [0.1, 0.15) is 17.4 Å². The molecule has 6 nitrogen and oxygen atoms in total. The average molecular weight is 389 g/mol. The number of aromatic amines is 1. The standard InChI is InChI=1S/C19H18F3N5O/c1-9-17(25-10(2)19(20,21)22)27-16-11(4-3-5-14(16)24-9)15-8-12-13(26-15)6-7-23-18(12)28/h3-5,8,10,26H,6-7H2,1-2H3,(H,23,28)(H,25,27). The Bertz CT molecular complexity index is 1070. The van der Waals surface area contributed by atoms with E-state index in [1.807, 2.05) is 0 Å². The molecule has 0 saturated heterocycles. The Morgan fingerprint density at radius 1 is 1.21 bits per heavy atom. The number of nitrogens with zero attached hydrogens (tertiary/aromatic N) is 2. The van der Waals surface area contributed by atoms with Crippen molar-refractivity contribution in [1.29, 1.82) is 0 Å². The number of fused-ring (bicyclic) bond motifs is 2. The quantitative estimate of drug-likeness (QED) is 0.639. The number of carbonyl (C=O) groups is 1. The van der Waals surface area contributed by atoms with E-state index < -0.39 is 12.2 Å². The Hall–Kier alpha value is -3.10. The smallest absolute Gasteiger partial charge is 0.358 e. The first-order valence-corrected chi connectivity index (χ1v) is 8.85. The summed E-state index contributed by atoms with van der Waals surface area (Å²) in [5.74, 6) is -0.0638. The highest BCUT2D eigenvalue weighted by atomic mass is 19.4. The molecule has 3 heterocycles. The number of nitrogens with one attached hydrogen (secondary N) is 3. The SMILES string of the molecule is Cc1nc2cccc(-c3cc4c([nH]3)CCNC4=O)c2nc1NC(C)C(F)(F)F. The van der Waals surface area contributed by atoms with Crippen LogP contribution in [-0.2, 0) is 6.42 Å². The predicted octanol–water partition coefficient (Wildman–Crippen LogP) is 3.58. The number of halogens is 3. The summed E-state index contributed by atoms with van der Waals surface area (Å²) in [4.78, 5) is 24.1. The fraction of sp³-hybridized carbons (Fsp3) is 0.316. The van der Waals surface area contributed by atoms with Crippen LogP contribution in [0.25, 0.3) is 22.3 Å². The third-order valence-electron chi connectivity index (χ3n) is 4.81. The maximum absolute atomic E-state index is 12.9. The monoisotopic (exact) mass is 389 g/mol. The first kappa shape index (κ1) is 18.3. The van der Waals surface area contributed by atoms with E-state index in [1.165, 1.54) is 0 Å². The summed E-state index contributed by atoms with van der Waals surface area (Å²) in [7, 11) is 0. The van der Waals surface area contributed by atoms with E-state index in [2.05, 4.69) is 25.6 Å². The minimum Gasteiger partial charge on any atom is -0.358 e. The minimum absolute atomic E-state index is 0.0823. The maximum Gasteiger partial charge on any atom is 0.408 e. The lowest BCUT2D eigenvalue weighted by Crippen LogP contribution is -2.33. The van der Waals surface area contributed by atoms with Crippen LogP contribution >= 0.6 is 0 Å². The highest BCUT2D eigenvalue weighted by molar-refractivity contribution is 5.99. The van der Waals surface area contributed by atoms with Gasteiger partial charge in [-0.05, 0) is 26.0 Å². The van der Waals surface area contributed by atoms with Crippen molar-refractivity contribution in [2.24, 2.45) is 0 Å². The maximum atomic E-state index is 12.9. The van der Waals surface area contributed by atoms with Gasteiger partial charge in [-0.15, -0.1) is 0 Å². The second kappa shape index (κ2) is 6.50. The van der Waals surface area contributed by atoms with Crippen LogP contribution in [0.4, 0.5) is 19.0 Å². The summed E-state index contributed by atoms with van der Waals surface area (Å²) >= 11 is 0. The molecule has 1 aliphatic heterocycles. The van der Waals surface area contributed by atoms with Crippen LogP contribution in [-0.4, -0.2) is 39.6 Å². The van der Waals surface area contributed by atoms with E-state index in [1.54, 1.807) is 31.2 Å². The van der Waals surface area contributed by atoms with Gasteiger partial charge in [-0.25, -0.2) is 9.97 Å². The summed E-state index contributed by atoms with van der Waals surface area (Å²) in [6, 6.07) is 5.35. The normalized spacial score (nSPS) is 15.2. The van der Waals surface area contributed by atoms with E-state index in [4.69, 9.17) is 0 Å². The zero-order valence-corrected chi connectivity index (χ0v) is 15.2. The van der Waals surface area contributed by atoms with Crippen LogP contribution in [0.15, 0.2) is 24.3 Å². The largest absolute Gasteiger partial charge is 0.408 e. The van der Waals surface area contributed by atoms with E-state index in [9.17, 15) is 18.0 Å². The lowest BCUT2D eigenvalue weighted by molar-refractivity contribution is -0.138. The second-order valence-electron chi connectivity index (χ2n) is 6.82. The predicted molar refractivity (Wildman–Crippen MR) is 99.2 cm³/mol. The van der Waals surface area contributed by atoms with Crippen LogP contribution in [0.5, 0.6) is 0 Å². The van der Waals surface area contributed by atoms with E-state index in [0.29, 0.717) is 46.5 Å². The Morgan fingerprint density at radius 2 is 2.00 bits per heavy atom. The van der Waals surface area contributed by atoms with Crippen molar-refractivity contribution in [3.63, 3.8) is 0 Å². The summed E-state index contributed by atoms with van der Waals surface area (Å²) in [6.07, 6.45) is -3.71. The zero-order chi connectivity index (χ0) is 20.1. The number of hydrogen-bond acceptors (Lipinski definition) is 4. The number of benzene rings is 1. The molecule has 0 saturated carbocycles. The molecule has 0 radical (unpaired) electrons. The van der Waals surface area contributed by atoms with Crippen molar-refractivity contribution in [2.45, 2.75) is 32.5 Å². The van der Waals surface area contributed by atoms with Crippen LogP contribution in [0, 0.1) is 6.92 Å². The molecule has 1 atom stereocenters. The minimum atomic E-state index is -4.39. The molecule has 2 aromatic heterocycles. The molecule has 28 heavy (non-hydrogen) atoms. The number of hydrogen-bond donors (Lipinski definition) is 3. The van der Waals surface area contributed by atoms with E-state index in [0.717, 1.165) is 12.6 Å². The average Bonchev–Trinajstić information content (AvgIpc) is 3.06. The van der Waals surface area contributed by atoms with Gasteiger partial charge in [-0.3, -0.25) is 4.79 Å². The molecular formula is C19H18F3N5O. The van der Waals surface area contributed by atoms with Gasteiger partial charge in [0.25, 0.3) is 5.91 Å². The molecule has 0 fully saturated rings. The molecule has 146 valence electrons. The van der Waals surface area contributed by atoms with Crippen LogP contribution in [0.1, 0.15) is 28.7 Å². The topological polar surface area (TPSA) is 82.7 Å². The Kier molecular flexibility index (Phi) is 4.24. The molecule has 0 bridgehead atoms. The van der Waals surface area contributed by atoms with Crippen molar-refractivity contribution in [2.75, 3.05) is 11.9 Å². The first-order chi connectivity index (χ1) is 13.2. The molecule has 0 aliphatic carbocycles.